The number of aliphatic hydroxyl groups is 2. The second-order valence-electron chi connectivity index (χ2n) is 7.56. The molecule has 4 atom stereocenters. The van der Waals surface area contributed by atoms with Gasteiger partial charge in [-0.25, -0.2) is 0 Å². The van der Waals surface area contributed by atoms with Gasteiger partial charge in [0, 0.05) is 0 Å². The van der Waals surface area contributed by atoms with Crippen molar-refractivity contribution >= 4 is 5.91 Å². The molecule has 0 heterocycles. The van der Waals surface area contributed by atoms with Gasteiger partial charge in [0.15, 0.2) is 0 Å². The number of nitrogens with two attached hydrogens (primary N) is 1. The minimum Gasteiger partial charge on any atom is -0.390 e. The first-order valence-electron chi connectivity index (χ1n) is 9.27. The summed E-state index contributed by atoms with van der Waals surface area (Å²) in [7, 11) is 0. The van der Waals surface area contributed by atoms with E-state index in [9.17, 15) is 15.0 Å². The van der Waals surface area contributed by atoms with Gasteiger partial charge in [-0.05, 0) is 31.1 Å². The van der Waals surface area contributed by atoms with Crippen LogP contribution >= 0.6 is 0 Å². The van der Waals surface area contributed by atoms with Gasteiger partial charge in [-0.3, -0.25) is 4.79 Å². The van der Waals surface area contributed by atoms with Crippen molar-refractivity contribution in [2.45, 2.75) is 96.4 Å². The summed E-state index contributed by atoms with van der Waals surface area (Å²) < 4.78 is 0. The van der Waals surface area contributed by atoms with Gasteiger partial charge in [-0.1, -0.05) is 52.9 Å². The summed E-state index contributed by atoms with van der Waals surface area (Å²) in [4.78, 5) is 12.1. The van der Waals surface area contributed by atoms with Crippen LogP contribution in [0.5, 0.6) is 0 Å². The molecule has 5 heteroatoms. The van der Waals surface area contributed by atoms with E-state index in [1.54, 1.807) is 0 Å². The van der Waals surface area contributed by atoms with Gasteiger partial charge in [0.25, 0.3) is 0 Å². The highest BCUT2D eigenvalue weighted by molar-refractivity contribution is 5.81. The Bertz CT molecular complexity index is 343. The summed E-state index contributed by atoms with van der Waals surface area (Å²) in [5.41, 5.74) is 5.80. The lowest BCUT2D eigenvalue weighted by molar-refractivity contribution is -0.125. The fraction of sp³-hybridized carbons (Fsp3) is 0.944. The molecule has 1 amide bonds. The molecule has 1 saturated carbocycles. The first-order chi connectivity index (χ1) is 10.8. The lowest BCUT2D eigenvalue weighted by atomic mass is 9.82. The predicted octanol–water partition coefficient (Wildman–Crippen LogP) is 1.95. The molecule has 23 heavy (non-hydrogen) atoms. The molecule has 1 fully saturated rings. The Morgan fingerprint density at radius 2 is 1.83 bits per heavy atom. The number of amides is 1. The molecule has 0 aromatic carbocycles. The maximum absolute atomic E-state index is 12.1. The van der Waals surface area contributed by atoms with E-state index in [2.05, 4.69) is 5.32 Å². The fourth-order valence-electron chi connectivity index (χ4n) is 3.43. The van der Waals surface area contributed by atoms with Crippen LogP contribution in [-0.2, 0) is 4.79 Å². The van der Waals surface area contributed by atoms with Crippen LogP contribution in [0.4, 0.5) is 0 Å². The van der Waals surface area contributed by atoms with Gasteiger partial charge in [0.2, 0.25) is 5.91 Å². The molecule has 0 unspecified atom stereocenters. The number of rotatable bonds is 9. The first kappa shape index (κ1) is 20.4. The minimum atomic E-state index is -0.938. The standard InChI is InChI=1S/C18H36N2O3/c1-4-14(19)18(23)20-15(11-13-8-6-5-7-9-13)17(22)16(21)10-12(2)3/h12-17,21-22H,4-11,19H2,1-3H3,(H,20,23)/t14-,15-,16-,17+/m0/s1. The Morgan fingerprint density at radius 3 is 2.35 bits per heavy atom. The van der Waals surface area contributed by atoms with Crippen molar-refractivity contribution in [3.63, 3.8) is 0 Å². The van der Waals surface area contributed by atoms with Gasteiger partial charge < -0.3 is 21.3 Å². The number of carbonyl (C=O) groups excluding carboxylic acids is 1. The highest BCUT2D eigenvalue weighted by Crippen LogP contribution is 2.28. The largest absolute Gasteiger partial charge is 0.390 e. The van der Waals surface area contributed by atoms with Crippen LogP contribution in [0.2, 0.25) is 0 Å². The van der Waals surface area contributed by atoms with Crippen LogP contribution in [0.1, 0.15) is 72.1 Å². The van der Waals surface area contributed by atoms with Crippen molar-refractivity contribution in [3.05, 3.63) is 0 Å². The van der Waals surface area contributed by atoms with E-state index in [1.807, 2.05) is 20.8 Å². The predicted molar refractivity (Wildman–Crippen MR) is 92.9 cm³/mol. The lowest BCUT2D eigenvalue weighted by Crippen LogP contribution is -2.53. The fourth-order valence-corrected chi connectivity index (χ4v) is 3.43. The highest BCUT2D eigenvalue weighted by atomic mass is 16.3. The minimum absolute atomic E-state index is 0.232. The molecule has 1 rings (SSSR count). The number of nitrogens with one attached hydrogen (secondary N) is 1. The third kappa shape index (κ3) is 7.19. The third-order valence-corrected chi connectivity index (χ3v) is 4.94. The Morgan fingerprint density at radius 1 is 1.22 bits per heavy atom. The zero-order valence-electron chi connectivity index (χ0n) is 15.0. The molecule has 0 radical (unpaired) electrons. The summed E-state index contributed by atoms with van der Waals surface area (Å²) in [5.74, 6) is 0.570. The average Bonchev–Trinajstić information content (AvgIpc) is 2.52. The summed E-state index contributed by atoms with van der Waals surface area (Å²) in [6.07, 6.45) is 6.03. The summed E-state index contributed by atoms with van der Waals surface area (Å²) in [5, 5.41) is 23.7. The van der Waals surface area contributed by atoms with Crippen molar-refractivity contribution in [3.8, 4) is 0 Å². The number of hydrogen-bond acceptors (Lipinski definition) is 4. The number of aliphatic hydroxyl groups excluding tert-OH is 2. The van der Waals surface area contributed by atoms with Crippen molar-refractivity contribution in [2.24, 2.45) is 17.6 Å². The molecule has 1 aliphatic carbocycles. The SMILES string of the molecule is CC[C@H](N)C(=O)N[C@@H](CC1CCCCC1)[C@@H](O)[C@@H](O)CC(C)C. The molecule has 0 aromatic heterocycles. The molecule has 5 N–H and O–H groups in total. The van der Waals surface area contributed by atoms with Crippen molar-refractivity contribution in [1.82, 2.24) is 5.32 Å². The van der Waals surface area contributed by atoms with Gasteiger partial charge in [0.1, 0.15) is 6.10 Å². The van der Waals surface area contributed by atoms with E-state index in [4.69, 9.17) is 5.73 Å². The molecule has 0 aromatic rings. The van der Waals surface area contributed by atoms with Crippen LogP contribution in [-0.4, -0.2) is 40.4 Å². The average molecular weight is 328 g/mol. The van der Waals surface area contributed by atoms with Crippen LogP contribution in [0, 0.1) is 11.8 Å². The highest BCUT2D eigenvalue weighted by Gasteiger charge is 2.31. The molecule has 0 aliphatic heterocycles. The second kappa shape index (κ2) is 10.3. The molecule has 0 saturated heterocycles. The van der Waals surface area contributed by atoms with E-state index in [0.717, 1.165) is 19.3 Å². The second-order valence-corrected chi connectivity index (χ2v) is 7.56. The third-order valence-electron chi connectivity index (χ3n) is 4.94. The normalized spacial score (nSPS) is 21.7. The van der Waals surface area contributed by atoms with E-state index in [0.29, 0.717) is 24.7 Å². The zero-order valence-corrected chi connectivity index (χ0v) is 15.0. The first-order valence-corrected chi connectivity index (χ1v) is 9.27. The van der Waals surface area contributed by atoms with E-state index in [1.165, 1.54) is 19.3 Å². The molecule has 0 spiro atoms. The lowest BCUT2D eigenvalue weighted by Gasteiger charge is -2.33. The van der Waals surface area contributed by atoms with Gasteiger partial charge in [-0.2, -0.15) is 0 Å². The Kier molecular flexibility index (Phi) is 9.10. The monoisotopic (exact) mass is 328 g/mol. The molecular weight excluding hydrogens is 292 g/mol. The van der Waals surface area contributed by atoms with Crippen molar-refractivity contribution in [2.75, 3.05) is 0 Å². The van der Waals surface area contributed by atoms with Crippen LogP contribution in [0.25, 0.3) is 0 Å². The topological polar surface area (TPSA) is 95.6 Å². The van der Waals surface area contributed by atoms with Crippen molar-refractivity contribution in [1.29, 1.82) is 0 Å². The molecule has 136 valence electrons. The number of hydrogen-bond donors (Lipinski definition) is 4. The van der Waals surface area contributed by atoms with Crippen LogP contribution in [0.3, 0.4) is 0 Å². The Balaban J connectivity index is 2.71. The van der Waals surface area contributed by atoms with Crippen molar-refractivity contribution < 1.29 is 15.0 Å². The Labute approximate surface area is 141 Å². The Hall–Kier alpha value is -0.650. The molecule has 0 bridgehead atoms. The van der Waals surface area contributed by atoms with Gasteiger partial charge in [0.05, 0.1) is 18.2 Å². The molecule has 1 aliphatic rings. The van der Waals surface area contributed by atoms with E-state index < -0.39 is 24.3 Å². The molecular formula is C18H36N2O3. The van der Waals surface area contributed by atoms with Gasteiger partial charge in [-0.15, -0.1) is 0 Å². The van der Waals surface area contributed by atoms with Crippen LogP contribution < -0.4 is 11.1 Å². The van der Waals surface area contributed by atoms with E-state index in [-0.39, 0.29) is 5.91 Å². The maximum atomic E-state index is 12.1. The zero-order chi connectivity index (χ0) is 17.4. The quantitative estimate of drug-likeness (QED) is 0.520. The summed E-state index contributed by atoms with van der Waals surface area (Å²) in [6.45, 7) is 5.89. The smallest absolute Gasteiger partial charge is 0.237 e. The van der Waals surface area contributed by atoms with Gasteiger partial charge >= 0.3 is 0 Å². The van der Waals surface area contributed by atoms with E-state index >= 15 is 0 Å². The summed E-state index contributed by atoms with van der Waals surface area (Å²) >= 11 is 0. The number of carbonyl (C=O) groups is 1. The maximum Gasteiger partial charge on any atom is 0.237 e. The summed E-state index contributed by atoms with van der Waals surface area (Å²) in [6, 6.07) is -0.977. The van der Waals surface area contributed by atoms with Crippen LogP contribution in [0.15, 0.2) is 0 Å². The molecule has 5 nitrogen and oxygen atoms in total.